The van der Waals surface area contributed by atoms with Gasteiger partial charge in [0, 0.05) is 37.8 Å². The highest BCUT2D eigenvalue weighted by molar-refractivity contribution is 7.89. The molecule has 9 heteroatoms. The molecule has 0 spiro atoms. The van der Waals surface area contributed by atoms with Crippen molar-refractivity contribution in [1.29, 1.82) is 0 Å². The van der Waals surface area contributed by atoms with E-state index in [0.717, 1.165) is 24.3 Å². The molecule has 1 heterocycles. The zero-order chi connectivity index (χ0) is 19.6. The van der Waals surface area contributed by atoms with Gasteiger partial charge in [0.05, 0.1) is 4.90 Å². The number of hydrogen-bond acceptors (Lipinski definition) is 3. The van der Waals surface area contributed by atoms with Gasteiger partial charge in [0.15, 0.2) is 0 Å². The highest BCUT2D eigenvalue weighted by Crippen LogP contribution is 2.19. The monoisotopic (exact) mass is 398 g/mol. The third-order valence-electron chi connectivity index (χ3n) is 4.30. The first-order valence-corrected chi connectivity index (χ1v) is 9.72. The van der Waals surface area contributed by atoms with Crippen LogP contribution in [0.25, 0.3) is 0 Å². The van der Waals surface area contributed by atoms with Gasteiger partial charge in [-0.15, -0.1) is 0 Å². The van der Waals surface area contributed by atoms with Crippen molar-refractivity contribution in [2.45, 2.75) is 11.3 Å². The number of amides is 1. The van der Waals surface area contributed by atoms with Crippen molar-refractivity contribution >= 4 is 15.9 Å². The van der Waals surface area contributed by atoms with Crippen molar-refractivity contribution in [3.05, 3.63) is 65.5 Å². The first-order valence-electron chi connectivity index (χ1n) is 8.28. The summed E-state index contributed by atoms with van der Waals surface area (Å²) >= 11 is 0. The maximum Gasteiger partial charge on any atom is 0.254 e. The predicted molar refractivity (Wildman–Crippen MR) is 92.0 cm³/mol. The van der Waals surface area contributed by atoms with Crippen LogP contribution in [0.2, 0.25) is 0 Å². The third-order valence-corrected chi connectivity index (χ3v) is 6.22. The molecule has 2 aromatic carbocycles. The lowest BCUT2D eigenvalue weighted by atomic mass is 10.2. The lowest BCUT2D eigenvalue weighted by Crippen LogP contribution is -2.37. The van der Waals surface area contributed by atoms with Crippen LogP contribution in [-0.2, 0) is 10.0 Å². The summed E-state index contributed by atoms with van der Waals surface area (Å²) in [5.74, 6) is -2.80. The molecule has 0 aliphatic carbocycles. The molecule has 1 amide bonds. The van der Waals surface area contributed by atoms with Crippen molar-refractivity contribution in [1.82, 2.24) is 9.21 Å². The van der Waals surface area contributed by atoms with Crippen LogP contribution in [0.1, 0.15) is 16.8 Å². The zero-order valence-electron chi connectivity index (χ0n) is 14.2. The van der Waals surface area contributed by atoms with Crippen molar-refractivity contribution < 1.29 is 26.4 Å². The highest BCUT2D eigenvalue weighted by atomic mass is 32.2. The predicted octanol–water partition coefficient (Wildman–Crippen LogP) is 2.64. The number of hydrogen-bond donors (Lipinski definition) is 0. The molecule has 1 aliphatic rings. The van der Waals surface area contributed by atoms with E-state index in [-0.39, 0.29) is 36.6 Å². The largest absolute Gasteiger partial charge is 0.337 e. The van der Waals surface area contributed by atoms with Gasteiger partial charge in [-0.2, -0.15) is 4.31 Å². The van der Waals surface area contributed by atoms with E-state index in [0.29, 0.717) is 12.5 Å². The molecule has 1 fully saturated rings. The quantitative estimate of drug-likeness (QED) is 0.799. The van der Waals surface area contributed by atoms with E-state index < -0.39 is 33.4 Å². The van der Waals surface area contributed by atoms with Crippen LogP contribution in [0.5, 0.6) is 0 Å². The minimum atomic E-state index is -3.82. The summed E-state index contributed by atoms with van der Waals surface area (Å²) in [7, 11) is -3.82. The van der Waals surface area contributed by atoms with Crippen LogP contribution >= 0.6 is 0 Å². The average Bonchev–Trinajstić information content (AvgIpc) is 2.87. The summed E-state index contributed by atoms with van der Waals surface area (Å²) in [4.78, 5) is 13.8. The van der Waals surface area contributed by atoms with Crippen LogP contribution in [0.15, 0.2) is 47.4 Å². The molecule has 0 radical (unpaired) electrons. The molecule has 0 saturated carbocycles. The molecule has 1 aliphatic heterocycles. The van der Waals surface area contributed by atoms with Crippen LogP contribution in [0.4, 0.5) is 13.2 Å². The Morgan fingerprint density at radius 3 is 2.07 bits per heavy atom. The standard InChI is InChI=1S/C18H17F3N2O3S/c19-14-2-4-17(5-3-14)27(25,26)23-7-1-6-22(8-9-23)18(24)13-10-15(20)12-16(21)11-13/h2-5,10-12H,1,6-9H2. The Labute approximate surface area is 155 Å². The van der Waals surface area contributed by atoms with Gasteiger partial charge < -0.3 is 4.90 Å². The first kappa shape index (κ1) is 19.4. The van der Waals surface area contributed by atoms with Gasteiger partial charge >= 0.3 is 0 Å². The molecule has 27 heavy (non-hydrogen) atoms. The molecule has 5 nitrogen and oxygen atoms in total. The fourth-order valence-corrected chi connectivity index (χ4v) is 4.42. The summed E-state index contributed by atoms with van der Waals surface area (Å²) < 4.78 is 66.3. The van der Waals surface area contributed by atoms with Gasteiger partial charge in [-0.1, -0.05) is 0 Å². The van der Waals surface area contributed by atoms with Gasteiger partial charge in [-0.3, -0.25) is 4.79 Å². The summed E-state index contributed by atoms with van der Waals surface area (Å²) in [5, 5.41) is 0. The minimum Gasteiger partial charge on any atom is -0.337 e. The smallest absolute Gasteiger partial charge is 0.254 e. The fourth-order valence-electron chi connectivity index (χ4n) is 2.95. The molecule has 144 valence electrons. The second kappa shape index (κ2) is 7.69. The maximum atomic E-state index is 13.3. The van der Waals surface area contributed by atoms with E-state index in [1.165, 1.54) is 21.3 Å². The first-order chi connectivity index (χ1) is 12.8. The molecule has 3 rings (SSSR count). The van der Waals surface area contributed by atoms with Crippen molar-refractivity contribution in [2.24, 2.45) is 0 Å². The van der Waals surface area contributed by atoms with Gasteiger partial charge in [0.1, 0.15) is 17.5 Å². The molecule has 0 N–H and O–H groups in total. The highest BCUT2D eigenvalue weighted by Gasteiger charge is 2.28. The Kier molecular flexibility index (Phi) is 5.52. The molecule has 0 aromatic heterocycles. The zero-order valence-corrected chi connectivity index (χ0v) is 15.1. The van der Waals surface area contributed by atoms with E-state index in [9.17, 15) is 26.4 Å². The van der Waals surface area contributed by atoms with Gasteiger partial charge in [0.2, 0.25) is 10.0 Å². The van der Waals surface area contributed by atoms with Crippen LogP contribution in [-0.4, -0.2) is 49.7 Å². The number of nitrogens with zero attached hydrogens (tertiary/aromatic N) is 2. The average molecular weight is 398 g/mol. The van der Waals surface area contributed by atoms with Crippen LogP contribution < -0.4 is 0 Å². The van der Waals surface area contributed by atoms with Crippen LogP contribution in [0.3, 0.4) is 0 Å². The van der Waals surface area contributed by atoms with Crippen LogP contribution in [0, 0.1) is 17.5 Å². The molecule has 0 atom stereocenters. The Hall–Kier alpha value is -2.39. The number of carbonyl (C=O) groups excluding carboxylic acids is 1. The number of halogens is 3. The number of rotatable bonds is 3. The van der Waals surface area contributed by atoms with Crippen molar-refractivity contribution in [2.75, 3.05) is 26.2 Å². The van der Waals surface area contributed by atoms with E-state index in [2.05, 4.69) is 0 Å². The second-order valence-electron chi connectivity index (χ2n) is 6.16. The molecule has 2 aromatic rings. The van der Waals surface area contributed by atoms with E-state index in [4.69, 9.17) is 0 Å². The van der Waals surface area contributed by atoms with Gasteiger partial charge in [0.25, 0.3) is 5.91 Å². The van der Waals surface area contributed by atoms with E-state index in [1.54, 1.807) is 0 Å². The number of carbonyl (C=O) groups is 1. The summed E-state index contributed by atoms with van der Waals surface area (Å²) in [6, 6.07) is 7.09. The third kappa shape index (κ3) is 4.30. The topological polar surface area (TPSA) is 57.7 Å². The van der Waals surface area contributed by atoms with E-state index in [1.807, 2.05) is 0 Å². The summed E-state index contributed by atoms with van der Waals surface area (Å²) in [6.07, 6.45) is 0.365. The SMILES string of the molecule is O=C(c1cc(F)cc(F)c1)N1CCCN(S(=O)(=O)c2ccc(F)cc2)CC1. The Morgan fingerprint density at radius 1 is 0.815 bits per heavy atom. The van der Waals surface area contributed by atoms with Gasteiger partial charge in [-0.25, -0.2) is 21.6 Å². The number of sulfonamides is 1. The Bertz CT molecular complexity index is 929. The van der Waals surface area contributed by atoms with Crippen molar-refractivity contribution in [3.63, 3.8) is 0 Å². The Balaban J connectivity index is 1.75. The molecule has 1 saturated heterocycles. The lowest BCUT2D eigenvalue weighted by molar-refractivity contribution is 0.0763. The van der Waals surface area contributed by atoms with Crippen molar-refractivity contribution in [3.8, 4) is 0 Å². The molecular weight excluding hydrogens is 381 g/mol. The molecular formula is C18H17F3N2O3S. The fraction of sp³-hybridized carbons (Fsp3) is 0.278. The molecule has 0 bridgehead atoms. The van der Waals surface area contributed by atoms with E-state index >= 15 is 0 Å². The summed E-state index contributed by atoms with van der Waals surface area (Å²) in [5.41, 5.74) is -0.123. The normalized spacial score (nSPS) is 16.2. The summed E-state index contributed by atoms with van der Waals surface area (Å²) in [6.45, 7) is 0.550. The Morgan fingerprint density at radius 2 is 1.44 bits per heavy atom. The van der Waals surface area contributed by atoms with Gasteiger partial charge in [-0.05, 0) is 42.8 Å². The second-order valence-corrected chi connectivity index (χ2v) is 8.10. The lowest BCUT2D eigenvalue weighted by Gasteiger charge is -2.22. The number of benzene rings is 2. The molecule has 0 unspecified atom stereocenters. The maximum absolute atomic E-state index is 13.3. The minimum absolute atomic E-state index is 0.0310.